The number of benzene rings is 2. The smallest absolute Gasteiger partial charge is 0.146 e. The fourth-order valence-electron chi connectivity index (χ4n) is 3.25. The van der Waals surface area contributed by atoms with Crippen LogP contribution in [-0.2, 0) is 0 Å². The Bertz CT molecular complexity index is 606. The molecule has 3 heteroatoms. The summed E-state index contributed by atoms with van der Waals surface area (Å²) in [5, 5.41) is 0. The van der Waals surface area contributed by atoms with E-state index in [2.05, 4.69) is 47.1 Å². The molecule has 0 aliphatic carbocycles. The minimum atomic E-state index is -0.112. The van der Waals surface area contributed by atoms with Crippen molar-refractivity contribution < 1.29 is 4.39 Å². The Kier molecular flexibility index (Phi) is 5.29. The highest BCUT2D eigenvalue weighted by molar-refractivity contribution is 5.47. The van der Waals surface area contributed by atoms with Crippen LogP contribution in [0, 0.1) is 5.82 Å². The number of anilines is 1. The first kappa shape index (κ1) is 16.0. The number of hydrogen-bond donors (Lipinski definition) is 0. The lowest BCUT2D eigenvalue weighted by molar-refractivity contribution is 0.249. The molecular formula is C20H25FN2. The molecule has 0 amide bonds. The molecule has 1 heterocycles. The molecule has 1 aliphatic heterocycles. The average Bonchev–Trinajstić information content (AvgIpc) is 2.61. The van der Waals surface area contributed by atoms with Gasteiger partial charge < -0.3 is 4.90 Å². The third-order valence-corrected chi connectivity index (χ3v) is 4.81. The first-order valence-corrected chi connectivity index (χ1v) is 8.51. The van der Waals surface area contributed by atoms with Gasteiger partial charge in [-0.1, -0.05) is 49.4 Å². The van der Waals surface area contributed by atoms with Gasteiger partial charge in [0.1, 0.15) is 5.82 Å². The van der Waals surface area contributed by atoms with E-state index in [4.69, 9.17) is 0 Å². The van der Waals surface area contributed by atoms with Crippen molar-refractivity contribution in [3.8, 4) is 0 Å². The van der Waals surface area contributed by atoms with Crippen molar-refractivity contribution >= 4 is 5.69 Å². The lowest BCUT2D eigenvalue weighted by Crippen LogP contribution is -2.47. The molecule has 0 N–H and O–H groups in total. The van der Waals surface area contributed by atoms with Crippen LogP contribution in [0.1, 0.15) is 24.8 Å². The lowest BCUT2D eigenvalue weighted by Gasteiger charge is -2.36. The van der Waals surface area contributed by atoms with Crippen LogP contribution in [-0.4, -0.2) is 37.6 Å². The number of para-hydroxylation sites is 1. The van der Waals surface area contributed by atoms with Crippen LogP contribution in [0.15, 0.2) is 54.6 Å². The summed E-state index contributed by atoms with van der Waals surface area (Å²) < 4.78 is 13.9. The average molecular weight is 312 g/mol. The van der Waals surface area contributed by atoms with Gasteiger partial charge in [-0.3, -0.25) is 4.90 Å². The van der Waals surface area contributed by atoms with Gasteiger partial charge in [-0.05, 0) is 36.6 Å². The minimum absolute atomic E-state index is 0.112. The van der Waals surface area contributed by atoms with Crippen molar-refractivity contribution in [2.75, 3.05) is 37.6 Å². The zero-order valence-electron chi connectivity index (χ0n) is 13.8. The second kappa shape index (κ2) is 7.60. The van der Waals surface area contributed by atoms with E-state index in [0.29, 0.717) is 5.92 Å². The molecule has 0 bridgehead atoms. The zero-order chi connectivity index (χ0) is 16.1. The van der Waals surface area contributed by atoms with E-state index in [1.807, 2.05) is 12.1 Å². The number of hydrogen-bond acceptors (Lipinski definition) is 2. The summed E-state index contributed by atoms with van der Waals surface area (Å²) in [5.74, 6) is 0.472. The Balaban J connectivity index is 1.47. The van der Waals surface area contributed by atoms with E-state index in [9.17, 15) is 4.39 Å². The van der Waals surface area contributed by atoms with Crippen molar-refractivity contribution in [3.05, 3.63) is 66.0 Å². The van der Waals surface area contributed by atoms with Gasteiger partial charge in [0.25, 0.3) is 0 Å². The normalized spacial score (nSPS) is 17.2. The molecule has 0 radical (unpaired) electrons. The van der Waals surface area contributed by atoms with Crippen LogP contribution in [0.25, 0.3) is 0 Å². The summed E-state index contributed by atoms with van der Waals surface area (Å²) in [6.07, 6.45) is 1.17. The highest BCUT2D eigenvalue weighted by Crippen LogP contribution is 2.22. The molecule has 122 valence electrons. The monoisotopic (exact) mass is 312 g/mol. The van der Waals surface area contributed by atoms with Crippen molar-refractivity contribution in [2.45, 2.75) is 19.3 Å². The van der Waals surface area contributed by atoms with Gasteiger partial charge in [-0.15, -0.1) is 0 Å². The van der Waals surface area contributed by atoms with Crippen LogP contribution < -0.4 is 4.90 Å². The van der Waals surface area contributed by atoms with E-state index in [1.54, 1.807) is 12.1 Å². The van der Waals surface area contributed by atoms with Gasteiger partial charge in [0, 0.05) is 26.2 Å². The Morgan fingerprint density at radius 2 is 1.57 bits per heavy atom. The number of nitrogens with zero attached hydrogens (tertiary/aromatic N) is 2. The van der Waals surface area contributed by atoms with Crippen LogP contribution in [0.2, 0.25) is 0 Å². The molecule has 1 fully saturated rings. The van der Waals surface area contributed by atoms with E-state index >= 15 is 0 Å². The lowest BCUT2D eigenvalue weighted by atomic mass is 9.97. The predicted octanol–water partition coefficient (Wildman–Crippen LogP) is 4.14. The first-order chi connectivity index (χ1) is 11.2. The van der Waals surface area contributed by atoms with Gasteiger partial charge in [-0.2, -0.15) is 0 Å². The van der Waals surface area contributed by atoms with Gasteiger partial charge in [-0.25, -0.2) is 4.39 Å². The van der Waals surface area contributed by atoms with Crippen molar-refractivity contribution in [1.29, 1.82) is 0 Å². The third kappa shape index (κ3) is 4.11. The van der Waals surface area contributed by atoms with E-state index in [-0.39, 0.29) is 5.82 Å². The van der Waals surface area contributed by atoms with Gasteiger partial charge in [0.15, 0.2) is 0 Å². The number of halogens is 1. The van der Waals surface area contributed by atoms with Crippen molar-refractivity contribution in [3.63, 3.8) is 0 Å². The highest BCUT2D eigenvalue weighted by atomic mass is 19.1. The molecule has 2 aromatic carbocycles. The zero-order valence-corrected chi connectivity index (χ0v) is 13.8. The maximum absolute atomic E-state index is 13.9. The fourth-order valence-corrected chi connectivity index (χ4v) is 3.25. The molecule has 1 aliphatic rings. The highest BCUT2D eigenvalue weighted by Gasteiger charge is 2.19. The molecule has 2 nitrogen and oxygen atoms in total. The quantitative estimate of drug-likeness (QED) is 0.818. The van der Waals surface area contributed by atoms with Gasteiger partial charge in [0.2, 0.25) is 0 Å². The third-order valence-electron chi connectivity index (χ3n) is 4.81. The largest absolute Gasteiger partial charge is 0.367 e. The van der Waals surface area contributed by atoms with Crippen LogP contribution in [0.3, 0.4) is 0 Å². The van der Waals surface area contributed by atoms with E-state index < -0.39 is 0 Å². The maximum Gasteiger partial charge on any atom is 0.146 e. The minimum Gasteiger partial charge on any atom is -0.367 e. The molecule has 1 saturated heterocycles. The first-order valence-electron chi connectivity index (χ1n) is 8.51. The van der Waals surface area contributed by atoms with Crippen LogP contribution in [0.5, 0.6) is 0 Å². The number of piperazine rings is 1. The second-order valence-corrected chi connectivity index (χ2v) is 6.38. The molecule has 0 saturated carbocycles. The summed E-state index contributed by atoms with van der Waals surface area (Å²) in [4.78, 5) is 4.66. The Morgan fingerprint density at radius 3 is 2.26 bits per heavy atom. The Morgan fingerprint density at radius 1 is 0.913 bits per heavy atom. The van der Waals surface area contributed by atoms with Gasteiger partial charge in [0.05, 0.1) is 5.69 Å². The van der Waals surface area contributed by atoms with E-state index in [1.165, 1.54) is 12.0 Å². The number of rotatable bonds is 5. The summed E-state index contributed by atoms with van der Waals surface area (Å²) in [7, 11) is 0. The summed E-state index contributed by atoms with van der Waals surface area (Å²) >= 11 is 0. The molecule has 0 spiro atoms. The molecule has 23 heavy (non-hydrogen) atoms. The molecule has 1 atom stereocenters. The maximum atomic E-state index is 13.9. The molecular weight excluding hydrogens is 287 g/mol. The topological polar surface area (TPSA) is 6.48 Å². The molecule has 3 rings (SSSR count). The van der Waals surface area contributed by atoms with Crippen molar-refractivity contribution in [1.82, 2.24) is 4.90 Å². The molecule has 0 unspecified atom stereocenters. The summed E-state index contributed by atoms with van der Waals surface area (Å²) in [6.45, 7) is 7.24. The van der Waals surface area contributed by atoms with E-state index in [0.717, 1.165) is 38.4 Å². The van der Waals surface area contributed by atoms with Crippen LogP contribution in [0.4, 0.5) is 10.1 Å². The summed E-state index contributed by atoms with van der Waals surface area (Å²) in [6, 6.07) is 17.8. The fraction of sp³-hybridized carbons (Fsp3) is 0.400. The van der Waals surface area contributed by atoms with Crippen LogP contribution >= 0.6 is 0 Å². The SMILES string of the molecule is C[C@@H](CCN1CCN(c2ccccc2F)CC1)c1ccccc1. The second-order valence-electron chi connectivity index (χ2n) is 6.38. The molecule has 2 aromatic rings. The van der Waals surface area contributed by atoms with Crippen molar-refractivity contribution in [2.24, 2.45) is 0 Å². The predicted molar refractivity (Wildman–Crippen MR) is 94.5 cm³/mol. The Labute approximate surface area is 138 Å². The summed E-state index contributed by atoms with van der Waals surface area (Å²) in [5.41, 5.74) is 2.15. The van der Waals surface area contributed by atoms with Gasteiger partial charge >= 0.3 is 0 Å². The molecule has 0 aromatic heterocycles. The standard InChI is InChI=1S/C20H25FN2/c1-17(18-7-3-2-4-8-18)11-12-22-13-15-23(16-14-22)20-10-6-5-9-19(20)21/h2-10,17H,11-16H2,1H3/t17-/m0/s1. The Hall–Kier alpha value is -1.87.